The van der Waals surface area contributed by atoms with E-state index >= 15 is 0 Å². The molecule has 88 valence electrons. The van der Waals surface area contributed by atoms with E-state index in [1.807, 2.05) is 18.7 Å². The van der Waals surface area contributed by atoms with E-state index in [1.54, 1.807) is 0 Å². The lowest BCUT2D eigenvalue weighted by Gasteiger charge is -2.21. The van der Waals surface area contributed by atoms with Crippen molar-refractivity contribution in [3.8, 4) is 0 Å². The molecule has 1 N–H and O–H groups in total. The van der Waals surface area contributed by atoms with Crippen LogP contribution in [-0.2, 0) is 4.79 Å². The molecule has 1 amide bonds. The fourth-order valence-corrected chi connectivity index (χ4v) is 1.73. The van der Waals surface area contributed by atoms with E-state index in [0.29, 0.717) is 12.5 Å². The molecule has 0 aliphatic heterocycles. The molecule has 1 rings (SSSR count). The van der Waals surface area contributed by atoms with Gasteiger partial charge < -0.3 is 10.2 Å². The summed E-state index contributed by atoms with van der Waals surface area (Å²) in [7, 11) is 0. The Morgan fingerprint density at radius 2 is 2.00 bits per heavy atom. The van der Waals surface area contributed by atoms with E-state index in [4.69, 9.17) is 0 Å². The van der Waals surface area contributed by atoms with Gasteiger partial charge >= 0.3 is 0 Å². The zero-order valence-corrected chi connectivity index (χ0v) is 10.3. The fourth-order valence-electron chi connectivity index (χ4n) is 1.73. The lowest BCUT2D eigenvalue weighted by atomic mass is 10.2. The van der Waals surface area contributed by atoms with Crippen LogP contribution in [0.1, 0.15) is 40.0 Å². The van der Waals surface area contributed by atoms with Crippen molar-refractivity contribution in [2.45, 2.75) is 46.1 Å². The largest absolute Gasteiger partial charge is 0.343 e. The summed E-state index contributed by atoms with van der Waals surface area (Å²) >= 11 is 0. The molecule has 0 heterocycles. The van der Waals surface area contributed by atoms with Crippen molar-refractivity contribution in [1.82, 2.24) is 10.2 Å². The fraction of sp³-hybridized carbons (Fsp3) is 0.917. The highest BCUT2D eigenvalue weighted by Gasteiger charge is 2.22. The zero-order valence-electron chi connectivity index (χ0n) is 10.3. The van der Waals surface area contributed by atoms with Crippen LogP contribution in [0, 0.1) is 5.92 Å². The Morgan fingerprint density at radius 3 is 2.47 bits per heavy atom. The summed E-state index contributed by atoms with van der Waals surface area (Å²) < 4.78 is 0. The first-order valence-electron chi connectivity index (χ1n) is 6.18. The molecule has 15 heavy (non-hydrogen) atoms. The van der Waals surface area contributed by atoms with Gasteiger partial charge in [0.05, 0.1) is 0 Å². The van der Waals surface area contributed by atoms with Gasteiger partial charge in [0.25, 0.3) is 0 Å². The number of nitrogens with zero attached hydrogens (tertiary/aromatic N) is 1. The Kier molecular flexibility index (Phi) is 5.09. The molecule has 0 bridgehead atoms. The zero-order chi connectivity index (χ0) is 11.3. The van der Waals surface area contributed by atoms with Crippen molar-refractivity contribution in [3.05, 3.63) is 0 Å². The third-order valence-corrected chi connectivity index (χ3v) is 3.05. The van der Waals surface area contributed by atoms with Crippen LogP contribution in [0.15, 0.2) is 0 Å². The van der Waals surface area contributed by atoms with Gasteiger partial charge in [-0.3, -0.25) is 4.79 Å². The standard InChI is InChI=1S/C12H24N2O/c1-4-14(5-2)12(15)8-10(3)13-9-11-6-7-11/h10-11,13H,4-9H2,1-3H3. The third-order valence-electron chi connectivity index (χ3n) is 3.05. The van der Waals surface area contributed by atoms with E-state index in [9.17, 15) is 4.79 Å². The monoisotopic (exact) mass is 212 g/mol. The van der Waals surface area contributed by atoms with E-state index < -0.39 is 0 Å². The summed E-state index contributed by atoms with van der Waals surface area (Å²) in [5, 5.41) is 3.43. The molecule has 0 aromatic heterocycles. The minimum absolute atomic E-state index is 0.274. The lowest BCUT2D eigenvalue weighted by Crippen LogP contribution is -2.37. The van der Waals surface area contributed by atoms with E-state index in [-0.39, 0.29) is 5.91 Å². The number of hydrogen-bond acceptors (Lipinski definition) is 2. The quantitative estimate of drug-likeness (QED) is 0.695. The highest BCUT2D eigenvalue weighted by Crippen LogP contribution is 2.27. The lowest BCUT2D eigenvalue weighted by molar-refractivity contribution is -0.131. The minimum Gasteiger partial charge on any atom is -0.343 e. The topological polar surface area (TPSA) is 32.3 Å². The van der Waals surface area contributed by atoms with Gasteiger partial charge in [-0.2, -0.15) is 0 Å². The van der Waals surface area contributed by atoms with Gasteiger partial charge in [-0.05, 0) is 46.1 Å². The van der Waals surface area contributed by atoms with Crippen LogP contribution >= 0.6 is 0 Å². The van der Waals surface area contributed by atoms with Gasteiger partial charge in [-0.1, -0.05) is 0 Å². The Morgan fingerprint density at radius 1 is 1.40 bits per heavy atom. The normalized spacial score (nSPS) is 17.5. The Labute approximate surface area is 93.2 Å². The number of hydrogen-bond donors (Lipinski definition) is 1. The van der Waals surface area contributed by atoms with E-state index in [2.05, 4.69) is 12.2 Å². The molecule has 1 aliphatic carbocycles. The highest BCUT2D eigenvalue weighted by molar-refractivity contribution is 5.76. The Balaban J connectivity index is 2.16. The molecular formula is C12H24N2O. The van der Waals surface area contributed by atoms with E-state index in [1.165, 1.54) is 12.8 Å². The second-order valence-corrected chi connectivity index (χ2v) is 4.52. The van der Waals surface area contributed by atoms with Gasteiger partial charge in [0.15, 0.2) is 0 Å². The maximum Gasteiger partial charge on any atom is 0.224 e. The summed E-state index contributed by atoms with van der Waals surface area (Å²) in [5.74, 6) is 1.16. The second-order valence-electron chi connectivity index (χ2n) is 4.52. The maximum atomic E-state index is 11.8. The van der Waals surface area contributed by atoms with Gasteiger partial charge in [0.2, 0.25) is 5.91 Å². The predicted octanol–water partition coefficient (Wildman–Crippen LogP) is 1.63. The van der Waals surface area contributed by atoms with Crippen LogP contribution < -0.4 is 5.32 Å². The number of nitrogens with one attached hydrogen (secondary N) is 1. The first kappa shape index (κ1) is 12.5. The molecule has 1 atom stereocenters. The average Bonchev–Trinajstić information content (AvgIpc) is 3.00. The minimum atomic E-state index is 0.274. The number of amides is 1. The van der Waals surface area contributed by atoms with Crippen molar-refractivity contribution in [2.24, 2.45) is 5.92 Å². The average molecular weight is 212 g/mol. The molecule has 0 aromatic rings. The Bertz CT molecular complexity index is 198. The first-order chi connectivity index (χ1) is 7.17. The summed E-state index contributed by atoms with van der Waals surface area (Å²) in [5.41, 5.74) is 0. The van der Waals surface area contributed by atoms with Crippen LogP contribution in [0.3, 0.4) is 0 Å². The smallest absolute Gasteiger partial charge is 0.224 e. The molecule has 1 saturated carbocycles. The molecule has 0 saturated heterocycles. The number of rotatable bonds is 7. The van der Waals surface area contributed by atoms with Crippen LogP contribution in [0.4, 0.5) is 0 Å². The van der Waals surface area contributed by atoms with Crippen LogP contribution in [0.25, 0.3) is 0 Å². The van der Waals surface area contributed by atoms with E-state index in [0.717, 1.165) is 25.6 Å². The summed E-state index contributed by atoms with van der Waals surface area (Å²) in [6.45, 7) is 8.90. The number of carbonyl (C=O) groups excluding carboxylic acids is 1. The molecule has 0 spiro atoms. The van der Waals surface area contributed by atoms with Crippen molar-refractivity contribution in [2.75, 3.05) is 19.6 Å². The van der Waals surface area contributed by atoms with Gasteiger partial charge in [-0.25, -0.2) is 0 Å². The maximum absolute atomic E-state index is 11.8. The third kappa shape index (κ3) is 4.65. The molecule has 3 heteroatoms. The summed E-state index contributed by atoms with van der Waals surface area (Å²) in [6, 6.07) is 0.318. The van der Waals surface area contributed by atoms with Gasteiger partial charge in [0.1, 0.15) is 0 Å². The first-order valence-corrected chi connectivity index (χ1v) is 6.18. The SMILES string of the molecule is CCN(CC)C(=O)CC(C)NCC1CC1. The second kappa shape index (κ2) is 6.11. The summed E-state index contributed by atoms with van der Waals surface area (Å²) in [4.78, 5) is 13.7. The summed E-state index contributed by atoms with van der Waals surface area (Å²) in [6.07, 6.45) is 3.36. The molecular weight excluding hydrogens is 188 g/mol. The van der Waals surface area contributed by atoms with Crippen LogP contribution in [0.2, 0.25) is 0 Å². The molecule has 1 fully saturated rings. The molecule has 3 nitrogen and oxygen atoms in total. The van der Waals surface area contributed by atoms with Crippen LogP contribution in [0.5, 0.6) is 0 Å². The van der Waals surface area contributed by atoms with Crippen molar-refractivity contribution in [3.63, 3.8) is 0 Å². The predicted molar refractivity (Wildman–Crippen MR) is 62.7 cm³/mol. The molecule has 1 aliphatic rings. The molecule has 0 aromatic carbocycles. The highest BCUT2D eigenvalue weighted by atomic mass is 16.2. The Hall–Kier alpha value is -0.570. The van der Waals surface area contributed by atoms with Crippen LogP contribution in [-0.4, -0.2) is 36.5 Å². The number of carbonyl (C=O) groups is 1. The van der Waals surface area contributed by atoms with Crippen molar-refractivity contribution in [1.29, 1.82) is 0 Å². The molecule has 0 radical (unpaired) electrons. The van der Waals surface area contributed by atoms with Crippen molar-refractivity contribution < 1.29 is 4.79 Å². The molecule has 1 unspecified atom stereocenters. The van der Waals surface area contributed by atoms with Gasteiger partial charge in [-0.15, -0.1) is 0 Å². The van der Waals surface area contributed by atoms with Gasteiger partial charge in [0, 0.05) is 25.6 Å². The van der Waals surface area contributed by atoms with Crippen molar-refractivity contribution >= 4 is 5.91 Å².